The second-order valence-electron chi connectivity index (χ2n) is 3.48. The maximum absolute atomic E-state index is 6.18. The van der Waals surface area contributed by atoms with Gasteiger partial charge in [0, 0.05) is 16.0 Å². The Morgan fingerprint density at radius 2 is 2.06 bits per heavy atom. The minimum Gasteiger partial charge on any atom is -0.480 e. The van der Waals surface area contributed by atoms with Crippen LogP contribution in [0.5, 0.6) is 5.88 Å². The van der Waals surface area contributed by atoms with Gasteiger partial charge in [0.25, 0.3) is 0 Å². The van der Waals surface area contributed by atoms with Crippen molar-refractivity contribution in [2.24, 2.45) is 5.73 Å². The van der Waals surface area contributed by atoms with Gasteiger partial charge in [-0.05, 0) is 40.3 Å². The predicted octanol–water partition coefficient (Wildman–Crippen LogP) is 2.14. The van der Waals surface area contributed by atoms with Gasteiger partial charge >= 0.3 is 0 Å². The van der Waals surface area contributed by atoms with E-state index in [1.54, 1.807) is 19.5 Å². The molecule has 0 amide bonds. The molecule has 2 rings (SSSR count). The summed E-state index contributed by atoms with van der Waals surface area (Å²) in [5.41, 5.74) is 7.82. The Hall–Kier alpha value is -1.21. The molecule has 0 radical (unpaired) electrons. The van der Waals surface area contributed by atoms with Gasteiger partial charge in [-0.3, -0.25) is 4.98 Å². The zero-order valence-corrected chi connectivity index (χ0v) is 11.5. The normalized spacial score (nSPS) is 12.2. The molecule has 0 aliphatic heterocycles. The molecule has 5 heteroatoms. The number of aromatic nitrogens is 2. The number of benzene rings is 1. The first-order valence-electron chi connectivity index (χ1n) is 5.08. The molecule has 0 fully saturated rings. The van der Waals surface area contributed by atoms with Crippen molar-refractivity contribution in [2.75, 3.05) is 7.11 Å². The fourth-order valence-corrected chi connectivity index (χ4v) is 2.13. The van der Waals surface area contributed by atoms with Crippen molar-refractivity contribution in [1.29, 1.82) is 0 Å². The second-order valence-corrected chi connectivity index (χ2v) is 4.73. The van der Waals surface area contributed by atoms with E-state index < -0.39 is 0 Å². The zero-order valence-electron chi connectivity index (χ0n) is 9.30. The Morgan fingerprint density at radius 3 is 2.76 bits per heavy atom. The van der Waals surface area contributed by atoms with Crippen molar-refractivity contribution in [3.8, 4) is 5.88 Å². The molecule has 88 valence electrons. The molecular weight excluding hydrogens is 329 g/mol. The van der Waals surface area contributed by atoms with Crippen molar-refractivity contribution >= 4 is 22.6 Å². The van der Waals surface area contributed by atoms with Crippen molar-refractivity contribution in [3.05, 3.63) is 51.5 Å². The number of methoxy groups -OCH3 is 1. The fourth-order valence-electron chi connectivity index (χ4n) is 1.56. The van der Waals surface area contributed by atoms with Gasteiger partial charge in [-0.25, -0.2) is 4.98 Å². The van der Waals surface area contributed by atoms with Crippen LogP contribution in [0, 0.1) is 3.57 Å². The lowest BCUT2D eigenvalue weighted by molar-refractivity contribution is 0.387. The average molecular weight is 341 g/mol. The van der Waals surface area contributed by atoms with Crippen LogP contribution in [-0.4, -0.2) is 17.1 Å². The molecule has 1 unspecified atom stereocenters. The summed E-state index contributed by atoms with van der Waals surface area (Å²) in [6.07, 6.45) is 3.20. The van der Waals surface area contributed by atoms with E-state index in [1.807, 2.05) is 24.3 Å². The third kappa shape index (κ3) is 2.73. The quantitative estimate of drug-likeness (QED) is 0.869. The van der Waals surface area contributed by atoms with Gasteiger partial charge in [-0.2, -0.15) is 0 Å². The lowest BCUT2D eigenvalue weighted by Gasteiger charge is -2.13. The van der Waals surface area contributed by atoms with Crippen molar-refractivity contribution < 1.29 is 4.74 Å². The molecule has 2 aromatic rings. The lowest BCUT2D eigenvalue weighted by Crippen LogP contribution is -2.15. The van der Waals surface area contributed by atoms with Gasteiger partial charge in [-0.1, -0.05) is 12.1 Å². The van der Waals surface area contributed by atoms with Crippen LogP contribution < -0.4 is 10.5 Å². The van der Waals surface area contributed by atoms with Crippen LogP contribution in [0.1, 0.15) is 17.3 Å². The molecule has 0 bridgehead atoms. The average Bonchev–Trinajstić information content (AvgIpc) is 2.38. The summed E-state index contributed by atoms with van der Waals surface area (Å²) in [6.45, 7) is 0. The molecule has 0 saturated heterocycles. The monoisotopic (exact) mass is 341 g/mol. The fraction of sp³-hybridized carbons (Fsp3) is 0.167. The van der Waals surface area contributed by atoms with Gasteiger partial charge in [0.1, 0.15) is 5.69 Å². The van der Waals surface area contributed by atoms with Crippen LogP contribution in [0.25, 0.3) is 0 Å². The number of nitrogens with zero attached hydrogens (tertiary/aromatic N) is 2. The number of nitrogens with two attached hydrogens (primary N) is 1. The Labute approximate surface area is 113 Å². The first kappa shape index (κ1) is 12.3. The van der Waals surface area contributed by atoms with E-state index in [-0.39, 0.29) is 6.04 Å². The maximum Gasteiger partial charge on any atom is 0.237 e. The zero-order chi connectivity index (χ0) is 12.3. The molecule has 1 atom stereocenters. The summed E-state index contributed by atoms with van der Waals surface area (Å²) < 4.78 is 6.30. The molecule has 2 N–H and O–H groups in total. The third-order valence-electron chi connectivity index (χ3n) is 2.39. The number of rotatable bonds is 3. The molecule has 17 heavy (non-hydrogen) atoms. The highest BCUT2D eigenvalue weighted by Gasteiger charge is 2.16. The van der Waals surface area contributed by atoms with E-state index in [1.165, 1.54) is 0 Å². The van der Waals surface area contributed by atoms with Crippen molar-refractivity contribution in [2.45, 2.75) is 6.04 Å². The summed E-state index contributed by atoms with van der Waals surface area (Å²) in [5, 5.41) is 0. The van der Waals surface area contributed by atoms with Crippen LogP contribution in [0.15, 0.2) is 36.7 Å². The summed E-state index contributed by atoms with van der Waals surface area (Å²) in [5.74, 6) is 0.471. The van der Waals surface area contributed by atoms with E-state index in [4.69, 9.17) is 10.5 Å². The summed E-state index contributed by atoms with van der Waals surface area (Å²) >= 11 is 2.25. The second kappa shape index (κ2) is 5.42. The molecule has 1 heterocycles. The smallest absolute Gasteiger partial charge is 0.237 e. The Kier molecular flexibility index (Phi) is 3.90. The van der Waals surface area contributed by atoms with Crippen LogP contribution in [0.2, 0.25) is 0 Å². The van der Waals surface area contributed by atoms with E-state index in [0.29, 0.717) is 11.6 Å². The Morgan fingerprint density at radius 1 is 1.29 bits per heavy atom. The van der Waals surface area contributed by atoms with Crippen molar-refractivity contribution in [1.82, 2.24) is 9.97 Å². The van der Waals surface area contributed by atoms with Gasteiger partial charge in [0.05, 0.1) is 13.2 Å². The third-order valence-corrected chi connectivity index (χ3v) is 3.06. The van der Waals surface area contributed by atoms with Gasteiger partial charge in [0.15, 0.2) is 0 Å². The summed E-state index contributed by atoms with van der Waals surface area (Å²) in [7, 11) is 1.56. The van der Waals surface area contributed by atoms with Crippen LogP contribution in [0.3, 0.4) is 0 Å². The van der Waals surface area contributed by atoms with E-state index in [9.17, 15) is 0 Å². The van der Waals surface area contributed by atoms with Gasteiger partial charge in [0.2, 0.25) is 5.88 Å². The Balaban J connectivity index is 2.40. The first-order chi connectivity index (χ1) is 8.22. The molecule has 0 spiro atoms. The lowest BCUT2D eigenvalue weighted by atomic mass is 10.1. The molecular formula is C12H12IN3O. The van der Waals surface area contributed by atoms with E-state index >= 15 is 0 Å². The number of hydrogen-bond acceptors (Lipinski definition) is 4. The summed E-state index contributed by atoms with van der Waals surface area (Å²) in [6, 6.07) is 7.67. The van der Waals surface area contributed by atoms with Crippen LogP contribution in [0.4, 0.5) is 0 Å². The molecule has 0 saturated carbocycles. The molecule has 1 aromatic carbocycles. The predicted molar refractivity (Wildman–Crippen MR) is 73.8 cm³/mol. The highest BCUT2D eigenvalue weighted by Crippen LogP contribution is 2.24. The van der Waals surface area contributed by atoms with Gasteiger partial charge in [-0.15, -0.1) is 0 Å². The van der Waals surface area contributed by atoms with Crippen LogP contribution >= 0.6 is 22.6 Å². The maximum atomic E-state index is 6.18. The molecule has 1 aromatic heterocycles. The van der Waals surface area contributed by atoms with E-state index in [2.05, 4.69) is 32.6 Å². The van der Waals surface area contributed by atoms with Crippen LogP contribution in [-0.2, 0) is 0 Å². The van der Waals surface area contributed by atoms with E-state index in [0.717, 1.165) is 9.13 Å². The van der Waals surface area contributed by atoms with Crippen molar-refractivity contribution in [3.63, 3.8) is 0 Å². The topological polar surface area (TPSA) is 61.0 Å². The minimum atomic E-state index is -0.326. The van der Waals surface area contributed by atoms with Gasteiger partial charge < -0.3 is 10.5 Å². The summed E-state index contributed by atoms with van der Waals surface area (Å²) in [4.78, 5) is 8.34. The standard InChI is InChI=1S/C12H12IN3O/c1-17-12-11(15-5-6-16-12)10(14)8-3-2-4-9(13)7-8/h2-7,10H,14H2,1H3. The largest absolute Gasteiger partial charge is 0.480 e. The Bertz CT molecular complexity index is 519. The first-order valence-corrected chi connectivity index (χ1v) is 6.16. The number of halogens is 1. The number of hydrogen-bond donors (Lipinski definition) is 1. The number of ether oxygens (including phenoxy) is 1. The molecule has 4 nitrogen and oxygen atoms in total. The highest BCUT2D eigenvalue weighted by atomic mass is 127. The highest BCUT2D eigenvalue weighted by molar-refractivity contribution is 14.1. The SMILES string of the molecule is COc1nccnc1C(N)c1cccc(I)c1. The molecule has 0 aliphatic rings. The minimum absolute atomic E-state index is 0.326. The molecule has 0 aliphatic carbocycles.